The molecule has 0 saturated carbocycles. The molecule has 0 spiro atoms. The number of imidazole rings is 1. The van der Waals surface area contributed by atoms with Crippen LogP contribution in [0.15, 0.2) is 53.6 Å². The minimum atomic E-state index is 0.442. The number of nitrogens with zero attached hydrogens (tertiary/aromatic N) is 2. The van der Waals surface area contributed by atoms with E-state index in [4.69, 9.17) is 6.92 Å². The van der Waals surface area contributed by atoms with Crippen LogP contribution in [0.25, 0.3) is 11.1 Å². The van der Waals surface area contributed by atoms with E-state index in [1.807, 2.05) is 4.57 Å². The van der Waals surface area contributed by atoms with Crippen LogP contribution in [0.5, 0.6) is 0 Å². The molecule has 0 unspecified atom stereocenters. The Morgan fingerprint density at radius 3 is 2.56 bits per heavy atom. The van der Waals surface area contributed by atoms with Crippen molar-refractivity contribution in [2.75, 3.05) is 0 Å². The van der Waals surface area contributed by atoms with Gasteiger partial charge in [-0.15, -0.1) is 0 Å². The normalized spacial score (nSPS) is 10.7. The van der Waals surface area contributed by atoms with Gasteiger partial charge in [-0.1, -0.05) is 24.3 Å². The van der Waals surface area contributed by atoms with Gasteiger partial charge < -0.3 is 4.57 Å². The van der Waals surface area contributed by atoms with Gasteiger partial charge in [0.25, 0.3) is 0 Å². The fourth-order valence-corrected chi connectivity index (χ4v) is 2.54. The predicted molar refractivity (Wildman–Crippen MR) is 73.4 cm³/mol. The van der Waals surface area contributed by atoms with E-state index >= 15 is 0 Å². The van der Waals surface area contributed by atoms with E-state index in [2.05, 4.69) is 46.1 Å². The summed E-state index contributed by atoms with van der Waals surface area (Å²) in [6.45, 7) is 8.36. The molecule has 0 aliphatic heterocycles. The van der Waals surface area contributed by atoms with Crippen molar-refractivity contribution in [2.24, 2.45) is 0 Å². The monoisotopic (exact) mass is 251 g/mol. The summed E-state index contributed by atoms with van der Waals surface area (Å²) in [4.78, 5) is 3.95. The fraction of sp³-hybridized carbons (Fsp3) is 0.0667. The second-order valence-corrected chi connectivity index (χ2v) is 4.90. The van der Waals surface area contributed by atoms with Gasteiger partial charge in [-0.3, -0.25) is 0 Å². The van der Waals surface area contributed by atoms with E-state index < -0.39 is 0 Å². The van der Waals surface area contributed by atoms with Crippen LogP contribution in [0, 0.1) is 6.92 Å². The van der Waals surface area contributed by atoms with Gasteiger partial charge in [-0.05, 0) is 33.5 Å². The summed E-state index contributed by atoms with van der Waals surface area (Å²) < 4.78 is 1.82. The zero-order valence-corrected chi connectivity index (χ0v) is 10.5. The Morgan fingerprint density at radius 2 is 1.94 bits per heavy atom. The van der Waals surface area contributed by atoms with Crippen molar-refractivity contribution in [1.82, 2.24) is 9.55 Å². The highest BCUT2D eigenvalue weighted by Crippen LogP contribution is 2.22. The fourth-order valence-electron chi connectivity index (χ4n) is 1.87. The summed E-state index contributed by atoms with van der Waals surface area (Å²) in [5.74, 6) is 0. The van der Waals surface area contributed by atoms with E-state index in [-0.39, 0.29) is 0 Å². The summed E-state index contributed by atoms with van der Waals surface area (Å²) in [5.41, 5.74) is 4.12. The van der Waals surface area contributed by atoms with Crippen LogP contribution < -0.4 is 0 Å². The first-order valence-corrected chi connectivity index (χ1v) is 6.60. The molecule has 2 heterocycles. The maximum Gasteiger partial charge on any atom is 0.0951 e. The largest absolute Gasteiger partial charge is 0.330 e. The number of hydrogen-bond acceptors (Lipinski definition) is 2. The molecule has 0 fully saturated rings. The summed E-state index contributed by atoms with van der Waals surface area (Å²) in [6.07, 6.45) is 3.24. The quantitative estimate of drug-likeness (QED) is 0.695. The van der Waals surface area contributed by atoms with Crippen molar-refractivity contribution in [3.05, 3.63) is 71.8 Å². The third-order valence-corrected chi connectivity index (χ3v) is 3.56. The van der Waals surface area contributed by atoms with Crippen LogP contribution in [0.2, 0.25) is 0 Å². The molecule has 2 nitrogen and oxygen atoms in total. The molecule has 0 aliphatic carbocycles. The molecule has 3 aromatic rings. The maximum atomic E-state index is 7.66. The van der Waals surface area contributed by atoms with E-state index in [0.717, 1.165) is 0 Å². The summed E-state index contributed by atoms with van der Waals surface area (Å²) in [6, 6.07) is 10.6. The van der Waals surface area contributed by atoms with Gasteiger partial charge in [0.15, 0.2) is 0 Å². The molecule has 0 amide bonds. The molecule has 0 N–H and O–H groups in total. The lowest BCUT2D eigenvalue weighted by Gasteiger charge is -2.06. The Morgan fingerprint density at radius 1 is 1.11 bits per heavy atom. The van der Waals surface area contributed by atoms with Crippen LogP contribution >= 0.6 is 11.3 Å². The molecule has 3 radical (unpaired) electrons. The Hall–Kier alpha value is -1.87. The zero-order chi connectivity index (χ0) is 12.4. The first-order chi connectivity index (χ1) is 8.83. The van der Waals surface area contributed by atoms with E-state index in [9.17, 15) is 0 Å². The zero-order valence-electron chi connectivity index (χ0n) is 9.71. The number of hydrogen-bond donors (Lipinski definition) is 0. The SMILES string of the molecule is [C]c1cncn1Cc1ccc(-c2ccsc2)cc1. The van der Waals surface area contributed by atoms with Gasteiger partial charge in [-0.2, -0.15) is 11.3 Å². The topological polar surface area (TPSA) is 17.8 Å². The van der Waals surface area contributed by atoms with Gasteiger partial charge in [0.2, 0.25) is 0 Å². The summed E-state index contributed by atoms with van der Waals surface area (Å²) in [5, 5.41) is 4.23. The Labute approximate surface area is 111 Å². The first kappa shape index (κ1) is 11.2. The highest BCUT2D eigenvalue weighted by Gasteiger charge is 2.01. The molecular formula is C15H11N2S. The van der Waals surface area contributed by atoms with Crippen molar-refractivity contribution in [1.29, 1.82) is 0 Å². The van der Waals surface area contributed by atoms with Crippen LogP contribution in [0.3, 0.4) is 0 Å². The lowest BCUT2D eigenvalue weighted by atomic mass is 10.1. The summed E-state index contributed by atoms with van der Waals surface area (Å²) in [7, 11) is 0. The number of thiophene rings is 1. The van der Waals surface area contributed by atoms with Crippen LogP contribution in [0.1, 0.15) is 11.3 Å². The predicted octanol–water partition coefficient (Wildman–Crippen LogP) is 3.60. The maximum absolute atomic E-state index is 7.66. The molecule has 87 valence electrons. The molecular weight excluding hydrogens is 240 g/mol. The molecule has 3 heteroatoms. The molecule has 3 rings (SSSR count). The van der Waals surface area contributed by atoms with Gasteiger partial charge in [0.05, 0.1) is 13.3 Å². The van der Waals surface area contributed by atoms with Crippen LogP contribution in [0.4, 0.5) is 0 Å². The highest BCUT2D eigenvalue weighted by molar-refractivity contribution is 7.08. The lowest BCUT2D eigenvalue weighted by molar-refractivity contribution is 0.783. The molecule has 0 saturated heterocycles. The third-order valence-electron chi connectivity index (χ3n) is 2.87. The second kappa shape index (κ2) is 4.78. The van der Waals surface area contributed by atoms with E-state index in [1.165, 1.54) is 16.7 Å². The van der Waals surface area contributed by atoms with Crippen LogP contribution in [-0.4, -0.2) is 9.55 Å². The van der Waals surface area contributed by atoms with Gasteiger partial charge in [0, 0.05) is 18.4 Å². The van der Waals surface area contributed by atoms with Crippen molar-refractivity contribution in [3.8, 4) is 11.1 Å². The minimum Gasteiger partial charge on any atom is -0.330 e. The van der Waals surface area contributed by atoms with Gasteiger partial charge in [-0.25, -0.2) is 4.98 Å². The van der Waals surface area contributed by atoms with Crippen molar-refractivity contribution >= 4 is 11.3 Å². The molecule has 0 atom stereocenters. The molecule has 0 bridgehead atoms. The third kappa shape index (κ3) is 2.22. The number of benzene rings is 1. The molecule has 2 aromatic heterocycles. The Bertz CT molecular complexity index is 621. The molecule has 0 aliphatic rings. The second-order valence-electron chi connectivity index (χ2n) is 4.12. The van der Waals surface area contributed by atoms with Crippen molar-refractivity contribution in [2.45, 2.75) is 6.54 Å². The minimum absolute atomic E-state index is 0.442. The van der Waals surface area contributed by atoms with Crippen molar-refractivity contribution in [3.63, 3.8) is 0 Å². The lowest BCUT2D eigenvalue weighted by Crippen LogP contribution is -1.99. The first-order valence-electron chi connectivity index (χ1n) is 5.66. The summed E-state index contributed by atoms with van der Waals surface area (Å²) >= 11 is 1.71. The standard InChI is InChI=1S/C15H11N2S/c1-12-8-16-11-17(12)9-13-2-4-14(5-3-13)15-6-7-18-10-15/h2-8,10-11H,9H2. The molecule has 1 aromatic carbocycles. The van der Waals surface area contributed by atoms with Gasteiger partial charge in [0.1, 0.15) is 0 Å². The molecule has 18 heavy (non-hydrogen) atoms. The average molecular weight is 251 g/mol. The van der Waals surface area contributed by atoms with Crippen molar-refractivity contribution < 1.29 is 0 Å². The van der Waals surface area contributed by atoms with E-state index in [0.29, 0.717) is 12.2 Å². The average Bonchev–Trinajstić information content (AvgIpc) is 3.03. The Balaban J connectivity index is 1.81. The smallest absolute Gasteiger partial charge is 0.0951 e. The number of aromatic nitrogens is 2. The van der Waals surface area contributed by atoms with Gasteiger partial charge >= 0.3 is 0 Å². The Kier molecular flexibility index (Phi) is 2.99. The number of rotatable bonds is 3. The highest BCUT2D eigenvalue weighted by atomic mass is 32.1. The van der Waals surface area contributed by atoms with Crippen LogP contribution in [-0.2, 0) is 6.54 Å². The van der Waals surface area contributed by atoms with E-state index in [1.54, 1.807) is 23.9 Å².